The lowest BCUT2D eigenvalue weighted by Crippen LogP contribution is -2.57. The highest BCUT2D eigenvalue weighted by atomic mass is 19.4. The summed E-state index contributed by atoms with van der Waals surface area (Å²) in [7, 11) is 0. The summed E-state index contributed by atoms with van der Waals surface area (Å²) in [5, 5.41) is 2.62. The van der Waals surface area contributed by atoms with E-state index in [1.807, 2.05) is 0 Å². The third-order valence-corrected chi connectivity index (χ3v) is 4.12. The summed E-state index contributed by atoms with van der Waals surface area (Å²) in [6.45, 7) is 2.38. The molecule has 0 bridgehead atoms. The van der Waals surface area contributed by atoms with Crippen molar-refractivity contribution in [2.24, 2.45) is 0 Å². The molecule has 1 fully saturated rings. The number of rotatable bonds is 2. The molecule has 2 amide bonds. The summed E-state index contributed by atoms with van der Waals surface area (Å²) in [4.78, 5) is 24.4. The van der Waals surface area contributed by atoms with E-state index in [0.29, 0.717) is 5.56 Å². The first-order valence-corrected chi connectivity index (χ1v) is 7.50. The van der Waals surface area contributed by atoms with E-state index < -0.39 is 35.9 Å². The summed E-state index contributed by atoms with van der Waals surface area (Å²) >= 11 is 0. The molecule has 0 spiro atoms. The largest absolute Gasteiger partial charge is 0.408 e. The molecule has 1 saturated heterocycles. The van der Waals surface area contributed by atoms with E-state index in [1.165, 1.54) is 19.1 Å². The second-order valence-corrected chi connectivity index (χ2v) is 5.94. The maximum Gasteiger partial charge on any atom is 0.408 e. The van der Waals surface area contributed by atoms with Crippen LogP contribution in [0.5, 0.6) is 0 Å². The van der Waals surface area contributed by atoms with Crippen molar-refractivity contribution in [1.82, 2.24) is 10.2 Å². The van der Waals surface area contributed by atoms with Gasteiger partial charge in [0.1, 0.15) is 11.9 Å². The zero-order valence-corrected chi connectivity index (χ0v) is 13.3. The predicted molar refractivity (Wildman–Crippen MR) is 78.9 cm³/mol. The first-order valence-electron chi connectivity index (χ1n) is 7.50. The minimum absolute atomic E-state index is 0.111. The van der Waals surface area contributed by atoms with Crippen molar-refractivity contribution in [3.05, 3.63) is 35.1 Å². The quantitative estimate of drug-likeness (QED) is 0.837. The van der Waals surface area contributed by atoms with E-state index in [2.05, 4.69) is 5.32 Å². The van der Waals surface area contributed by atoms with Gasteiger partial charge in [0.05, 0.1) is 0 Å². The number of carbonyl (C=O) groups is 2. The third-order valence-electron chi connectivity index (χ3n) is 4.12. The summed E-state index contributed by atoms with van der Waals surface area (Å²) in [5.41, 5.74) is 0.523. The van der Waals surface area contributed by atoms with Crippen LogP contribution in [-0.2, 0) is 4.79 Å². The molecule has 1 N–H and O–H groups in total. The van der Waals surface area contributed by atoms with Gasteiger partial charge in [0.25, 0.3) is 5.91 Å². The Labute approximate surface area is 136 Å². The molecule has 0 radical (unpaired) electrons. The van der Waals surface area contributed by atoms with Crippen molar-refractivity contribution >= 4 is 11.8 Å². The van der Waals surface area contributed by atoms with Crippen LogP contribution in [0, 0.1) is 12.7 Å². The van der Waals surface area contributed by atoms with Crippen LogP contribution in [-0.4, -0.2) is 41.5 Å². The molecule has 132 valence electrons. The van der Waals surface area contributed by atoms with Crippen LogP contribution in [0.1, 0.15) is 35.7 Å². The lowest BCUT2D eigenvalue weighted by Gasteiger charge is -2.40. The standard InChI is InChI=1S/C16H18F4N2O2/c1-9-7-11(3-5-13(9)17)15(24)21-12-4-6-14(16(18,19)20)22(8-12)10(2)23/h3,5,7,12,14H,4,6,8H2,1-2H3,(H,21,24)/t12-,14-/m0/s1. The van der Waals surface area contributed by atoms with Gasteiger partial charge in [-0.2, -0.15) is 13.2 Å². The van der Waals surface area contributed by atoms with E-state index in [9.17, 15) is 27.2 Å². The molecule has 24 heavy (non-hydrogen) atoms. The second-order valence-electron chi connectivity index (χ2n) is 5.94. The number of benzene rings is 1. The van der Waals surface area contributed by atoms with Crippen molar-refractivity contribution in [3.63, 3.8) is 0 Å². The molecule has 1 aliphatic heterocycles. The Morgan fingerprint density at radius 3 is 2.46 bits per heavy atom. The number of nitrogens with zero attached hydrogens (tertiary/aromatic N) is 1. The number of alkyl halides is 3. The minimum atomic E-state index is -4.49. The van der Waals surface area contributed by atoms with Crippen LogP contribution in [0.4, 0.5) is 17.6 Å². The maximum absolute atomic E-state index is 13.2. The van der Waals surface area contributed by atoms with Crippen LogP contribution in [0.15, 0.2) is 18.2 Å². The van der Waals surface area contributed by atoms with Gasteiger partial charge in [-0.15, -0.1) is 0 Å². The van der Waals surface area contributed by atoms with Crippen molar-refractivity contribution in [2.45, 2.75) is 44.9 Å². The minimum Gasteiger partial charge on any atom is -0.348 e. The SMILES string of the molecule is CC(=O)N1C[C@@H](NC(=O)c2ccc(F)c(C)c2)CC[C@H]1C(F)(F)F. The van der Waals surface area contributed by atoms with Crippen LogP contribution < -0.4 is 5.32 Å². The van der Waals surface area contributed by atoms with Crippen molar-refractivity contribution in [2.75, 3.05) is 6.54 Å². The van der Waals surface area contributed by atoms with Gasteiger partial charge in [0.2, 0.25) is 5.91 Å². The molecular weight excluding hydrogens is 328 g/mol. The Bertz CT molecular complexity index is 645. The predicted octanol–water partition coefficient (Wildman–Crippen LogP) is 2.81. The molecule has 0 aliphatic carbocycles. The molecule has 4 nitrogen and oxygen atoms in total. The number of hydrogen-bond acceptors (Lipinski definition) is 2. The fourth-order valence-corrected chi connectivity index (χ4v) is 2.83. The zero-order chi connectivity index (χ0) is 18.1. The Morgan fingerprint density at radius 1 is 1.25 bits per heavy atom. The van der Waals surface area contributed by atoms with Gasteiger partial charge in [0, 0.05) is 25.1 Å². The Hall–Kier alpha value is -2.12. The van der Waals surface area contributed by atoms with Crippen LogP contribution in [0.2, 0.25) is 0 Å². The maximum atomic E-state index is 13.2. The van der Waals surface area contributed by atoms with Gasteiger partial charge in [-0.3, -0.25) is 9.59 Å². The van der Waals surface area contributed by atoms with Gasteiger partial charge in [-0.05, 0) is 43.5 Å². The molecule has 1 aliphatic rings. The number of halogens is 4. The number of carbonyl (C=O) groups excluding carboxylic acids is 2. The smallest absolute Gasteiger partial charge is 0.348 e. The van der Waals surface area contributed by atoms with E-state index >= 15 is 0 Å². The molecule has 0 aromatic heterocycles. The Balaban J connectivity index is 2.07. The third kappa shape index (κ3) is 4.04. The van der Waals surface area contributed by atoms with Gasteiger partial charge in [0.15, 0.2) is 0 Å². The number of amides is 2. The molecule has 2 rings (SSSR count). The molecule has 1 aromatic rings. The molecule has 1 heterocycles. The number of aryl methyl sites for hydroxylation is 1. The molecule has 0 saturated carbocycles. The summed E-state index contributed by atoms with van der Waals surface area (Å²) in [6, 6.07) is 1.44. The first kappa shape index (κ1) is 18.2. The van der Waals surface area contributed by atoms with Crippen molar-refractivity contribution in [3.8, 4) is 0 Å². The lowest BCUT2D eigenvalue weighted by molar-refractivity contribution is -0.196. The van der Waals surface area contributed by atoms with E-state index in [0.717, 1.165) is 17.9 Å². The Morgan fingerprint density at radius 2 is 1.92 bits per heavy atom. The highest BCUT2D eigenvalue weighted by molar-refractivity contribution is 5.94. The molecule has 0 unspecified atom stereocenters. The zero-order valence-electron chi connectivity index (χ0n) is 13.3. The fourth-order valence-electron chi connectivity index (χ4n) is 2.83. The second kappa shape index (κ2) is 6.78. The molecule has 1 aromatic carbocycles. The highest BCUT2D eigenvalue weighted by Gasteiger charge is 2.47. The molecular formula is C16H18F4N2O2. The van der Waals surface area contributed by atoms with Gasteiger partial charge < -0.3 is 10.2 Å². The van der Waals surface area contributed by atoms with Crippen LogP contribution >= 0.6 is 0 Å². The summed E-state index contributed by atoms with van der Waals surface area (Å²) in [6.07, 6.45) is -4.65. The van der Waals surface area contributed by atoms with Crippen molar-refractivity contribution < 1.29 is 27.2 Å². The lowest BCUT2D eigenvalue weighted by atomic mass is 9.97. The van der Waals surface area contributed by atoms with Crippen LogP contribution in [0.3, 0.4) is 0 Å². The number of piperidine rings is 1. The molecule has 2 atom stereocenters. The monoisotopic (exact) mass is 346 g/mol. The van der Waals surface area contributed by atoms with E-state index in [-0.39, 0.29) is 24.9 Å². The van der Waals surface area contributed by atoms with Gasteiger partial charge >= 0.3 is 6.18 Å². The highest BCUT2D eigenvalue weighted by Crippen LogP contribution is 2.32. The van der Waals surface area contributed by atoms with Gasteiger partial charge in [-0.25, -0.2) is 4.39 Å². The van der Waals surface area contributed by atoms with Crippen molar-refractivity contribution in [1.29, 1.82) is 0 Å². The first-order chi connectivity index (χ1) is 11.1. The molecule has 8 heteroatoms. The van der Waals surface area contributed by atoms with E-state index in [1.54, 1.807) is 0 Å². The van der Waals surface area contributed by atoms with Crippen LogP contribution in [0.25, 0.3) is 0 Å². The fraction of sp³-hybridized carbons (Fsp3) is 0.500. The number of nitrogens with one attached hydrogen (secondary N) is 1. The van der Waals surface area contributed by atoms with E-state index in [4.69, 9.17) is 0 Å². The normalized spacial score (nSPS) is 21.5. The Kier molecular flexibility index (Phi) is 5.15. The van der Waals surface area contributed by atoms with Gasteiger partial charge in [-0.1, -0.05) is 0 Å². The summed E-state index contributed by atoms with van der Waals surface area (Å²) in [5.74, 6) is -1.63. The number of hydrogen-bond donors (Lipinski definition) is 1. The topological polar surface area (TPSA) is 49.4 Å². The average Bonchev–Trinajstić information content (AvgIpc) is 2.48. The average molecular weight is 346 g/mol. The summed E-state index contributed by atoms with van der Waals surface area (Å²) < 4.78 is 52.1. The number of likely N-dealkylation sites (tertiary alicyclic amines) is 1.